The molecular weight excluding hydrogens is 320 g/mol. The van der Waals surface area contributed by atoms with E-state index in [4.69, 9.17) is 0 Å². The number of tetrazole rings is 1. The number of hydrogen-bond donors (Lipinski definition) is 2. The van der Waals surface area contributed by atoms with Gasteiger partial charge in [-0.3, -0.25) is 9.59 Å². The Labute approximate surface area is 147 Å². The van der Waals surface area contributed by atoms with Crippen LogP contribution in [0, 0.1) is 5.41 Å². The van der Waals surface area contributed by atoms with Gasteiger partial charge in [-0.1, -0.05) is 32.9 Å². The van der Waals surface area contributed by atoms with E-state index < -0.39 is 5.41 Å². The number of amides is 2. The Bertz CT molecular complexity index is 748. The predicted octanol–water partition coefficient (Wildman–Crippen LogP) is 1.76. The van der Waals surface area contributed by atoms with E-state index in [-0.39, 0.29) is 11.8 Å². The van der Waals surface area contributed by atoms with Gasteiger partial charge in [0.05, 0.1) is 0 Å². The summed E-state index contributed by atoms with van der Waals surface area (Å²) in [6.07, 6.45) is 0.917. The normalized spacial score (nSPS) is 11.2. The molecule has 1 aromatic carbocycles. The molecule has 25 heavy (non-hydrogen) atoms. The number of rotatable bonds is 6. The molecule has 0 fully saturated rings. The van der Waals surface area contributed by atoms with Gasteiger partial charge in [0.15, 0.2) is 5.82 Å². The smallest absolute Gasteiger partial charge is 0.225 e. The summed E-state index contributed by atoms with van der Waals surface area (Å²) in [5.74, 6) is 0.511. The van der Waals surface area contributed by atoms with Crippen molar-refractivity contribution in [2.75, 3.05) is 11.9 Å². The largest absolute Gasteiger partial charge is 0.356 e. The van der Waals surface area contributed by atoms with Crippen molar-refractivity contribution < 1.29 is 9.59 Å². The summed E-state index contributed by atoms with van der Waals surface area (Å²) in [4.78, 5) is 23.8. The number of nitrogens with one attached hydrogen (secondary N) is 2. The summed E-state index contributed by atoms with van der Waals surface area (Å²) < 4.78 is 1.57. The second-order valence-corrected chi connectivity index (χ2v) is 6.86. The van der Waals surface area contributed by atoms with E-state index in [1.54, 1.807) is 11.7 Å². The Morgan fingerprint density at radius 2 is 2.00 bits per heavy atom. The molecule has 0 aliphatic heterocycles. The fraction of sp³-hybridized carbons (Fsp3) is 0.471. The minimum atomic E-state index is -0.419. The summed E-state index contributed by atoms with van der Waals surface area (Å²) in [7, 11) is 1.76. The number of aromatic nitrogens is 4. The topological polar surface area (TPSA) is 102 Å². The Balaban J connectivity index is 1.83. The van der Waals surface area contributed by atoms with Gasteiger partial charge in [-0.15, -0.1) is 5.10 Å². The minimum Gasteiger partial charge on any atom is -0.356 e. The van der Waals surface area contributed by atoms with Crippen LogP contribution in [0.25, 0.3) is 11.4 Å². The number of nitrogens with zero attached hydrogens (tertiary/aromatic N) is 4. The summed E-state index contributed by atoms with van der Waals surface area (Å²) in [6, 6.07) is 7.35. The standard InChI is InChI=1S/C17H24N6O2/c1-17(2,3)16(25)18-10-6-9-14(24)19-13-8-5-7-12(11-13)15-20-21-22-23(15)4/h5,7-8,11H,6,9-10H2,1-4H3,(H,18,25)(H,19,24). The van der Waals surface area contributed by atoms with Crippen molar-refractivity contribution in [1.82, 2.24) is 25.5 Å². The predicted molar refractivity (Wildman–Crippen MR) is 94.6 cm³/mol. The van der Waals surface area contributed by atoms with E-state index >= 15 is 0 Å². The van der Waals surface area contributed by atoms with Crippen molar-refractivity contribution in [3.05, 3.63) is 24.3 Å². The van der Waals surface area contributed by atoms with Crippen molar-refractivity contribution in [3.8, 4) is 11.4 Å². The zero-order valence-corrected chi connectivity index (χ0v) is 15.0. The van der Waals surface area contributed by atoms with Crippen LogP contribution < -0.4 is 10.6 Å². The monoisotopic (exact) mass is 344 g/mol. The second-order valence-electron chi connectivity index (χ2n) is 6.86. The molecule has 2 aromatic rings. The summed E-state index contributed by atoms with van der Waals surface area (Å²) in [5, 5.41) is 17.0. The molecule has 2 rings (SSSR count). The number of anilines is 1. The first-order valence-electron chi connectivity index (χ1n) is 8.18. The SMILES string of the molecule is Cn1nnnc1-c1cccc(NC(=O)CCCNC(=O)C(C)(C)C)c1. The fourth-order valence-electron chi connectivity index (χ4n) is 2.15. The number of carbonyl (C=O) groups excluding carboxylic acids is 2. The van der Waals surface area contributed by atoms with E-state index in [0.717, 1.165) is 5.56 Å². The lowest BCUT2D eigenvalue weighted by Crippen LogP contribution is -2.35. The molecule has 0 bridgehead atoms. The van der Waals surface area contributed by atoms with Crippen LogP contribution in [0.2, 0.25) is 0 Å². The Kier molecular flexibility index (Phi) is 5.84. The van der Waals surface area contributed by atoms with Crippen molar-refractivity contribution in [3.63, 3.8) is 0 Å². The van der Waals surface area contributed by atoms with Crippen molar-refractivity contribution in [1.29, 1.82) is 0 Å². The molecule has 0 saturated carbocycles. The number of carbonyl (C=O) groups is 2. The van der Waals surface area contributed by atoms with Gasteiger partial charge in [-0.05, 0) is 29.0 Å². The lowest BCUT2D eigenvalue weighted by molar-refractivity contribution is -0.128. The Hall–Kier alpha value is -2.77. The van der Waals surface area contributed by atoms with Gasteiger partial charge in [-0.2, -0.15) is 0 Å². The third-order valence-electron chi connectivity index (χ3n) is 3.57. The molecule has 0 spiro atoms. The molecule has 1 aromatic heterocycles. The molecule has 8 heteroatoms. The first kappa shape index (κ1) is 18.6. The molecule has 1 heterocycles. The van der Waals surface area contributed by atoms with Crippen molar-refractivity contribution >= 4 is 17.5 Å². The van der Waals surface area contributed by atoms with Gasteiger partial charge >= 0.3 is 0 Å². The van der Waals surface area contributed by atoms with Gasteiger partial charge in [0, 0.05) is 36.7 Å². The van der Waals surface area contributed by atoms with Crippen molar-refractivity contribution in [2.24, 2.45) is 12.5 Å². The average Bonchev–Trinajstić information content (AvgIpc) is 2.96. The van der Waals surface area contributed by atoms with Crippen LogP contribution in [-0.2, 0) is 16.6 Å². The first-order chi connectivity index (χ1) is 11.8. The lowest BCUT2D eigenvalue weighted by Gasteiger charge is -2.17. The van der Waals surface area contributed by atoms with Crippen molar-refractivity contribution in [2.45, 2.75) is 33.6 Å². The third-order valence-corrected chi connectivity index (χ3v) is 3.57. The molecule has 0 aliphatic carbocycles. The molecular formula is C17H24N6O2. The molecule has 2 N–H and O–H groups in total. The maximum absolute atomic E-state index is 12.0. The van der Waals surface area contributed by atoms with E-state index in [1.165, 1.54) is 0 Å². The molecule has 0 atom stereocenters. The van der Waals surface area contributed by atoms with Gasteiger partial charge in [0.1, 0.15) is 0 Å². The highest BCUT2D eigenvalue weighted by Gasteiger charge is 2.20. The van der Waals surface area contributed by atoms with E-state index in [2.05, 4.69) is 26.2 Å². The van der Waals surface area contributed by atoms with Crippen LogP contribution in [0.4, 0.5) is 5.69 Å². The Morgan fingerprint density at radius 1 is 1.24 bits per heavy atom. The quantitative estimate of drug-likeness (QED) is 0.778. The third kappa shape index (κ3) is 5.37. The molecule has 0 radical (unpaired) electrons. The van der Waals surface area contributed by atoms with Crippen LogP contribution in [-0.4, -0.2) is 38.6 Å². The van der Waals surface area contributed by atoms with Crippen LogP contribution in [0.3, 0.4) is 0 Å². The average molecular weight is 344 g/mol. The highest BCUT2D eigenvalue weighted by Crippen LogP contribution is 2.19. The van der Waals surface area contributed by atoms with Gasteiger partial charge in [0.2, 0.25) is 11.8 Å². The molecule has 134 valence electrons. The first-order valence-corrected chi connectivity index (χ1v) is 8.18. The molecule has 0 unspecified atom stereocenters. The fourth-order valence-corrected chi connectivity index (χ4v) is 2.15. The number of aryl methyl sites for hydroxylation is 1. The highest BCUT2D eigenvalue weighted by molar-refractivity contribution is 5.91. The summed E-state index contributed by atoms with van der Waals surface area (Å²) in [5.41, 5.74) is 1.09. The lowest BCUT2D eigenvalue weighted by atomic mass is 9.96. The molecule has 8 nitrogen and oxygen atoms in total. The van der Waals surface area contributed by atoms with Gasteiger partial charge in [-0.25, -0.2) is 4.68 Å². The van der Waals surface area contributed by atoms with E-state index in [0.29, 0.717) is 30.9 Å². The highest BCUT2D eigenvalue weighted by atomic mass is 16.2. The Morgan fingerprint density at radius 3 is 2.64 bits per heavy atom. The maximum atomic E-state index is 12.0. The van der Waals surface area contributed by atoms with E-state index in [9.17, 15) is 9.59 Å². The van der Waals surface area contributed by atoms with Gasteiger partial charge in [0.25, 0.3) is 0 Å². The number of benzene rings is 1. The maximum Gasteiger partial charge on any atom is 0.225 e. The van der Waals surface area contributed by atoms with Crippen LogP contribution >= 0.6 is 0 Å². The molecule has 0 aliphatic rings. The number of hydrogen-bond acceptors (Lipinski definition) is 5. The van der Waals surface area contributed by atoms with E-state index in [1.807, 2.05) is 45.0 Å². The zero-order valence-electron chi connectivity index (χ0n) is 15.0. The zero-order chi connectivity index (χ0) is 18.4. The van der Waals surface area contributed by atoms with Crippen LogP contribution in [0.15, 0.2) is 24.3 Å². The summed E-state index contributed by atoms with van der Waals surface area (Å²) in [6.45, 7) is 6.05. The summed E-state index contributed by atoms with van der Waals surface area (Å²) >= 11 is 0. The van der Waals surface area contributed by atoms with Crippen LogP contribution in [0.5, 0.6) is 0 Å². The van der Waals surface area contributed by atoms with Gasteiger partial charge < -0.3 is 10.6 Å². The van der Waals surface area contributed by atoms with Crippen LogP contribution in [0.1, 0.15) is 33.6 Å². The second kappa shape index (κ2) is 7.87. The minimum absolute atomic E-state index is 0.0158. The molecule has 2 amide bonds. The molecule has 0 saturated heterocycles.